The molecule has 0 fully saturated rings. The van der Waals surface area contributed by atoms with E-state index in [9.17, 15) is 13.2 Å². The number of pyridine rings is 1. The highest BCUT2D eigenvalue weighted by Gasteiger charge is 2.25. The van der Waals surface area contributed by atoms with E-state index in [1.165, 1.54) is 18.3 Å². The number of sulfone groups is 1. The molecule has 1 aliphatic heterocycles. The van der Waals surface area contributed by atoms with Gasteiger partial charge in [-0.15, -0.1) is 0 Å². The molecule has 0 atom stereocenters. The third-order valence-electron chi connectivity index (χ3n) is 3.90. The lowest BCUT2D eigenvalue weighted by molar-refractivity contribution is 0.0976. The summed E-state index contributed by atoms with van der Waals surface area (Å²) in [6.45, 7) is 2.90. The lowest BCUT2D eigenvalue weighted by Crippen LogP contribution is -2.38. The van der Waals surface area contributed by atoms with E-state index in [1.807, 2.05) is 25.1 Å². The number of carbonyl (C=O) groups is 1. The normalized spacial score (nSPS) is 14.0. The minimum Gasteiger partial charge on any atom is -0.490 e. The van der Waals surface area contributed by atoms with Gasteiger partial charge in [-0.3, -0.25) is 4.79 Å². The van der Waals surface area contributed by atoms with Gasteiger partial charge in [-0.2, -0.15) is 0 Å². The number of fused-ring (bicyclic) bond motifs is 1. The highest BCUT2D eigenvalue weighted by molar-refractivity contribution is 7.90. The van der Waals surface area contributed by atoms with Crippen molar-refractivity contribution >= 4 is 21.4 Å². The van der Waals surface area contributed by atoms with Crippen LogP contribution in [0.1, 0.15) is 22.8 Å². The second kappa shape index (κ2) is 6.24. The predicted octanol–water partition coefficient (Wildman–Crippen LogP) is 2.09. The molecule has 1 amide bonds. The zero-order chi connectivity index (χ0) is 17.3. The first kappa shape index (κ1) is 16.4. The summed E-state index contributed by atoms with van der Waals surface area (Å²) < 4.78 is 28.6. The van der Waals surface area contributed by atoms with E-state index in [0.29, 0.717) is 24.5 Å². The number of rotatable bonds is 3. The average Bonchev–Trinajstić information content (AvgIpc) is 2.59. The van der Waals surface area contributed by atoms with E-state index >= 15 is 0 Å². The first-order chi connectivity index (χ1) is 11.4. The van der Waals surface area contributed by atoms with Crippen molar-refractivity contribution in [2.24, 2.45) is 0 Å². The molecular formula is C17H18N2O4S. The van der Waals surface area contributed by atoms with Crippen molar-refractivity contribution in [1.29, 1.82) is 0 Å². The molecule has 6 nitrogen and oxygen atoms in total. The number of benzene rings is 1. The molecule has 0 radical (unpaired) electrons. The van der Waals surface area contributed by atoms with Gasteiger partial charge in [0.05, 0.1) is 17.8 Å². The fourth-order valence-corrected chi connectivity index (χ4v) is 3.14. The molecule has 2 aromatic rings. The summed E-state index contributed by atoms with van der Waals surface area (Å²) in [7, 11) is -3.38. The van der Waals surface area contributed by atoms with Gasteiger partial charge >= 0.3 is 0 Å². The van der Waals surface area contributed by atoms with Gasteiger partial charge in [0.25, 0.3) is 5.91 Å². The molecule has 2 heterocycles. The Hall–Kier alpha value is -2.41. The second-order valence-corrected chi connectivity index (χ2v) is 7.58. The Balaban J connectivity index is 1.94. The maximum atomic E-state index is 12.8. The van der Waals surface area contributed by atoms with Crippen LogP contribution in [0.4, 0.5) is 5.69 Å². The first-order valence-corrected chi connectivity index (χ1v) is 9.53. The van der Waals surface area contributed by atoms with E-state index in [1.54, 1.807) is 4.90 Å². The van der Waals surface area contributed by atoms with Crippen molar-refractivity contribution in [3.05, 3.63) is 47.7 Å². The van der Waals surface area contributed by atoms with E-state index in [4.69, 9.17) is 4.74 Å². The molecule has 1 aliphatic rings. The fourth-order valence-electron chi connectivity index (χ4n) is 2.58. The van der Waals surface area contributed by atoms with Crippen LogP contribution in [0.15, 0.2) is 41.6 Å². The monoisotopic (exact) mass is 346 g/mol. The Labute approximate surface area is 141 Å². The van der Waals surface area contributed by atoms with Crippen molar-refractivity contribution in [2.45, 2.75) is 18.4 Å². The standard InChI is InChI=1S/C17H18N2O4S/c1-3-12-4-6-15-14(10-12)19(8-9-23-15)17(20)13-5-7-16(18-11-13)24(2,21)22/h4-7,10-11H,3,8-9H2,1-2H3. The van der Waals surface area contributed by atoms with Crippen LogP contribution in [-0.2, 0) is 16.3 Å². The highest BCUT2D eigenvalue weighted by Crippen LogP contribution is 2.33. The number of carbonyl (C=O) groups excluding carboxylic acids is 1. The lowest BCUT2D eigenvalue weighted by Gasteiger charge is -2.30. The predicted molar refractivity (Wildman–Crippen MR) is 90.3 cm³/mol. The van der Waals surface area contributed by atoms with Gasteiger partial charge in [0.1, 0.15) is 12.4 Å². The van der Waals surface area contributed by atoms with Gasteiger partial charge < -0.3 is 9.64 Å². The average molecular weight is 346 g/mol. The van der Waals surface area contributed by atoms with Crippen LogP contribution < -0.4 is 9.64 Å². The number of nitrogens with zero attached hydrogens (tertiary/aromatic N) is 2. The van der Waals surface area contributed by atoms with Gasteiger partial charge in [-0.05, 0) is 36.2 Å². The quantitative estimate of drug-likeness (QED) is 0.850. The molecule has 0 N–H and O–H groups in total. The summed E-state index contributed by atoms with van der Waals surface area (Å²) in [6, 6.07) is 8.65. The van der Waals surface area contributed by atoms with Crippen LogP contribution in [0.5, 0.6) is 5.75 Å². The molecule has 0 saturated carbocycles. The summed E-state index contributed by atoms with van der Waals surface area (Å²) in [6.07, 6.45) is 3.25. The van der Waals surface area contributed by atoms with Crippen LogP contribution in [0.3, 0.4) is 0 Å². The maximum Gasteiger partial charge on any atom is 0.260 e. The number of hydrogen-bond acceptors (Lipinski definition) is 5. The number of ether oxygens (including phenoxy) is 1. The maximum absolute atomic E-state index is 12.8. The summed E-state index contributed by atoms with van der Waals surface area (Å²) in [5.74, 6) is 0.452. The third kappa shape index (κ3) is 3.12. The summed E-state index contributed by atoms with van der Waals surface area (Å²) in [4.78, 5) is 18.3. The molecule has 0 saturated heterocycles. The number of aromatic nitrogens is 1. The Morgan fingerprint density at radius 2 is 2.08 bits per heavy atom. The van der Waals surface area contributed by atoms with Gasteiger partial charge in [0.15, 0.2) is 14.9 Å². The third-order valence-corrected chi connectivity index (χ3v) is 4.90. The molecule has 1 aromatic carbocycles. The molecule has 0 bridgehead atoms. The zero-order valence-corrected chi connectivity index (χ0v) is 14.3. The number of anilines is 1. The Kier molecular flexibility index (Phi) is 4.28. The Morgan fingerprint density at radius 1 is 1.29 bits per heavy atom. The number of hydrogen-bond donors (Lipinski definition) is 0. The van der Waals surface area contributed by atoms with Crippen molar-refractivity contribution in [3.8, 4) is 5.75 Å². The second-order valence-electron chi connectivity index (χ2n) is 5.62. The molecule has 24 heavy (non-hydrogen) atoms. The number of aryl methyl sites for hydroxylation is 1. The lowest BCUT2D eigenvalue weighted by atomic mass is 10.1. The van der Waals surface area contributed by atoms with Crippen LogP contribution in [0.25, 0.3) is 0 Å². The molecule has 126 valence electrons. The van der Waals surface area contributed by atoms with Gasteiger partial charge in [-0.1, -0.05) is 13.0 Å². The van der Waals surface area contributed by atoms with Crippen molar-refractivity contribution in [1.82, 2.24) is 4.98 Å². The van der Waals surface area contributed by atoms with Crippen LogP contribution in [-0.4, -0.2) is 38.7 Å². The molecule has 0 aliphatic carbocycles. The molecule has 0 unspecified atom stereocenters. The minimum atomic E-state index is -3.38. The van der Waals surface area contributed by atoms with Gasteiger partial charge in [-0.25, -0.2) is 13.4 Å². The SMILES string of the molecule is CCc1ccc2c(c1)N(C(=O)c1ccc(S(C)(=O)=O)nc1)CCO2. The largest absolute Gasteiger partial charge is 0.490 e. The van der Waals surface area contributed by atoms with Crippen molar-refractivity contribution in [3.63, 3.8) is 0 Å². The van der Waals surface area contributed by atoms with Crippen LogP contribution in [0.2, 0.25) is 0 Å². The van der Waals surface area contributed by atoms with Crippen molar-refractivity contribution in [2.75, 3.05) is 24.3 Å². The molecule has 0 spiro atoms. The smallest absolute Gasteiger partial charge is 0.260 e. The molecule has 3 rings (SSSR count). The van der Waals surface area contributed by atoms with E-state index in [-0.39, 0.29) is 10.9 Å². The Morgan fingerprint density at radius 3 is 2.71 bits per heavy atom. The fraction of sp³-hybridized carbons (Fsp3) is 0.294. The summed E-state index contributed by atoms with van der Waals surface area (Å²) in [5, 5.41) is -0.0466. The topological polar surface area (TPSA) is 76.6 Å². The van der Waals surface area contributed by atoms with Crippen LogP contribution >= 0.6 is 0 Å². The number of amides is 1. The summed E-state index contributed by atoms with van der Waals surface area (Å²) >= 11 is 0. The van der Waals surface area contributed by atoms with E-state index in [0.717, 1.165) is 23.9 Å². The van der Waals surface area contributed by atoms with Gasteiger partial charge in [0, 0.05) is 12.5 Å². The molecule has 7 heteroatoms. The van der Waals surface area contributed by atoms with Gasteiger partial charge in [0.2, 0.25) is 0 Å². The molecule has 1 aromatic heterocycles. The zero-order valence-electron chi connectivity index (χ0n) is 13.5. The highest BCUT2D eigenvalue weighted by atomic mass is 32.2. The molecular weight excluding hydrogens is 328 g/mol. The van der Waals surface area contributed by atoms with E-state index in [2.05, 4.69) is 4.98 Å². The van der Waals surface area contributed by atoms with Crippen molar-refractivity contribution < 1.29 is 17.9 Å². The van der Waals surface area contributed by atoms with E-state index < -0.39 is 9.84 Å². The van der Waals surface area contributed by atoms with Crippen LogP contribution in [0, 0.1) is 0 Å². The Bertz CT molecular complexity index is 876. The first-order valence-electron chi connectivity index (χ1n) is 7.64. The minimum absolute atomic E-state index is 0.0466. The summed E-state index contributed by atoms with van der Waals surface area (Å²) in [5.41, 5.74) is 2.19.